The Kier molecular flexibility index (Phi) is 3.94. The van der Waals surface area contributed by atoms with Crippen molar-refractivity contribution in [3.8, 4) is 0 Å². The van der Waals surface area contributed by atoms with E-state index in [0.29, 0.717) is 5.15 Å². The van der Waals surface area contributed by atoms with Crippen LogP contribution in [0.15, 0.2) is 42.6 Å². The fourth-order valence-electron chi connectivity index (χ4n) is 3.09. The highest BCUT2D eigenvalue weighted by Crippen LogP contribution is 2.27. The lowest BCUT2D eigenvalue weighted by molar-refractivity contribution is 0.640. The number of aryl methyl sites for hydroxylation is 1. The van der Waals surface area contributed by atoms with Gasteiger partial charge < -0.3 is 9.80 Å². The molecule has 1 aromatic carbocycles. The molecular weight excluding hydrogens is 322 g/mol. The quantitative estimate of drug-likeness (QED) is 0.670. The van der Waals surface area contributed by atoms with Gasteiger partial charge in [-0.2, -0.15) is 0 Å². The molecule has 5 nitrogen and oxygen atoms in total. The molecule has 0 atom stereocenters. The number of halogens is 1. The molecule has 1 aliphatic rings. The van der Waals surface area contributed by atoms with Gasteiger partial charge in [-0.05, 0) is 24.4 Å². The predicted octanol–water partition coefficient (Wildman–Crippen LogP) is 3.31. The van der Waals surface area contributed by atoms with Crippen LogP contribution in [0.1, 0.15) is 5.82 Å². The third kappa shape index (κ3) is 2.87. The summed E-state index contributed by atoms with van der Waals surface area (Å²) in [6.07, 6.45) is 1.81. The van der Waals surface area contributed by atoms with Crippen molar-refractivity contribution in [2.24, 2.45) is 0 Å². The number of aromatic nitrogens is 3. The Morgan fingerprint density at radius 2 is 1.62 bits per heavy atom. The predicted molar refractivity (Wildman–Crippen MR) is 97.9 cm³/mol. The number of hydrogen-bond donors (Lipinski definition) is 0. The van der Waals surface area contributed by atoms with E-state index < -0.39 is 0 Å². The van der Waals surface area contributed by atoms with Crippen LogP contribution in [0.4, 0.5) is 11.6 Å². The average Bonchev–Trinajstić information content (AvgIpc) is 2.62. The summed E-state index contributed by atoms with van der Waals surface area (Å²) in [6.45, 7) is 5.52. The van der Waals surface area contributed by atoms with Gasteiger partial charge in [-0.1, -0.05) is 35.9 Å². The van der Waals surface area contributed by atoms with E-state index in [2.05, 4.69) is 36.9 Å². The van der Waals surface area contributed by atoms with Crippen LogP contribution in [0.5, 0.6) is 0 Å². The van der Waals surface area contributed by atoms with Crippen LogP contribution < -0.4 is 9.80 Å². The molecule has 0 bridgehead atoms. The second-order valence-corrected chi connectivity index (χ2v) is 6.29. The second kappa shape index (κ2) is 6.24. The molecule has 1 fully saturated rings. The summed E-state index contributed by atoms with van der Waals surface area (Å²) in [5.74, 6) is 2.74. The Bertz CT molecular complexity index is 874. The fraction of sp³-hybridized carbons (Fsp3) is 0.278. The Hall–Kier alpha value is -2.40. The zero-order valence-electron chi connectivity index (χ0n) is 13.5. The standard InChI is InChI=1S/C18H18ClN5/c1-13-20-7-6-16(21-13)23-8-10-24(11-9-23)17-12-14-4-2-3-5-15(14)18(19)22-17/h2-7,12H,8-11H2,1H3. The first-order valence-corrected chi connectivity index (χ1v) is 8.43. The van der Waals surface area contributed by atoms with Gasteiger partial charge in [0.15, 0.2) is 0 Å². The number of piperazine rings is 1. The zero-order chi connectivity index (χ0) is 16.5. The highest BCUT2D eigenvalue weighted by atomic mass is 35.5. The smallest absolute Gasteiger partial charge is 0.139 e. The van der Waals surface area contributed by atoms with E-state index in [1.165, 1.54) is 0 Å². The molecule has 1 aliphatic heterocycles. The van der Waals surface area contributed by atoms with E-state index in [4.69, 9.17) is 11.6 Å². The van der Waals surface area contributed by atoms with Crippen LogP contribution in [0.25, 0.3) is 10.8 Å². The van der Waals surface area contributed by atoms with Gasteiger partial charge in [0.05, 0.1) is 0 Å². The first kappa shape index (κ1) is 15.1. The minimum Gasteiger partial charge on any atom is -0.353 e. The highest BCUT2D eigenvalue weighted by Gasteiger charge is 2.20. The number of fused-ring (bicyclic) bond motifs is 1. The van der Waals surface area contributed by atoms with E-state index in [9.17, 15) is 0 Å². The normalized spacial score (nSPS) is 15.1. The Morgan fingerprint density at radius 1 is 0.917 bits per heavy atom. The summed E-state index contributed by atoms with van der Waals surface area (Å²) in [7, 11) is 0. The maximum Gasteiger partial charge on any atom is 0.139 e. The summed E-state index contributed by atoms with van der Waals surface area (Å²) < 4.78 is 0. The van der Waals surface area contributed by atoms with Crippen LogP contribution in [-0.2, 0) is 0 Å². The lowest BCUT2D eigenvalue weighted by Crippen LogP contribution is -2.47. The Morgan fingerprint density at radius 3 is 2.38 bits per heavy atom. The van der Waals surface area contributed by atoms with Crippen LogP contribution >= 0.6 is 11.6 Å². The van der Waals surface area contributed by atoms with Gasteiger partial charge in [-0.25, -0.2) is 15.0 Å². The van der Waals surface area contributed by atoms with Crippen LogP contribution in [0.3, 0.4) is 0 Å². The minimum absolute atomic E-state index is 0.567. The molecule has 6 heteroatoms. The number of rotatable bonds is 2. The van der Waals surface area contributed by atoms with Crippen molar-refractivity contribution in [1.82, 2.24) is 15.0 Å². The van der Waals surface area contributed by atoms with E-state index in [1.54, 1.807) is 0 Å². The monoisotopic (exact) mass is 339 g/mol. The van der Waals surface area contributed by atoms with Gasteiger partial charge in [0.25, 0.3) is 0 Å². The maximum atomic E-state index is 6.36. The summed E-state index contributed by atoms with van der Waals surface area (Å²) in [4.78, 5) is 17.8. The largest absolute Gasteiger partial charge is 0.353 e. The SMILES string of the molecule is Cc1nccc(N2CCN(c3cc4ccccc4c(Cl)n3)CC2)n1. The Balaban J connectivity index is 1.54. The van der Waals surface area contributed by atoms with Crippen LogP contribution in [-0.4, -0.2) is 41.1 Å². The summed E-state index contributed by atoms with van der Waals surface area (Å²) in [5.41, 5.74) is 0. The molecule has 24 heavy (non-hydrogen) atoms. The number of pyridine rings is 1. The average molecular weight is 340 g/mol. The van der Waals surface area contributed by atoms with E-state index in [1.807, 2.05) is 37.4 Å². The van der Waals surface area contributed by atoms with Gasteiger partial charge in [0, 0.05) is 37.8 Å². The van der Waals surface area contributed by atoms with E-state index >= 15 is 0 Å². The number of nitrogens with zero attached hydrogens (tertiary/aromatic N) is 5. The topological polar surface area (TPSA) is 45.2 Å². The molecule has 3 heterocycles. The van der Waals surface area contributed by atoms with E-state index in [-0.39, 0.29) is 0 Å². The van der Waals surface area contributed by atoms with Gasteiger partial charge in [-0.15, -0.1) is 0 Å². The maximum absolute atomic E-state index is 6.36. The number of hydrogen-bond acceptors (Lipinski definition) is 5. The van der Waals surface area contributed by atoms with Crippen molar-refractivity contribution >= 4 is 34.0 Å². The molecule has 0 saturated carbocycles. The molecule has 2 aromatic heterocycles. The first-order chi connectivity index (χ1) is 11.7. The lowest BCUT2D eigenvalue weighted by atomic mass is 10.1. The summed E-state index contributed by atoms with van der Waals surface area (Å²) in [5, 5.41) is 2.69. The second-order valence-electron chi connectivity index (χ2n) is 5.93. The van der Waals surface area contributed by atoms with Crippen LogP contribution in [0.2, 0.25) is 5.15 Å². The number of benzene rings is 1. The zero-order valence-corrected chi connectivity index (χ0v) is 14.2. The van der Waals surface area contributed by atoms with Crippen molar-refractivity contribution in [3.63, 3.8) is 0 Å². The van der Waals surface area contributed by atoms with Crippen molar-refractivity contribution in [1.29, 1.82) is 0 Å². The molecule has 0 aliphatic carbocycles. The third-order valence-corrected chi connectivity index (χ3v) is 4.66. The molecule has 122 valence electrons. The Labute approximate surface area is 145 Å². The molecule has 3 aromatic rings. The molecule has 0 amide bonds. The molecule has 0 unspecified atom stereocenters. The molecule has 0 spiro atoms. The van der Waals surface area contributed by atoms with Crippen molar-refractivity contribution in [2.75, 3.05) is 36.0 Å². The van der Waals surface area contributed by atoms with Gasteiger partial charge in [0.1, 0.15) is 22.6 Å². The molecule has 0 radical (unpaired) electrons. The molecule has 0 N–H and O–H groups in total. The van der Waals surface area contributed by atoms with Gasteiger partial charge >= 0.3 is 0 Å². The first-order valence-electron chi connectivity index (χ1n) is 8.05. The number of anilines is 2. The van der Waals surface area contributed by atoms with Gasteiger partial charge in [0.2, 0.25) is 0 Å². The summed E-state index contributed by atoms with van der Waals surface area (Å²) >= 11 is 6.36. The van der Waals surface area contributed by atoms with Crippen LogP contribution in [0, 0.1) is 6.92 Å². The fourth-order valence-corrected chi connectivity index (χ4v) is 3.35. The molecule has 1 saturated heterocycles. The van der Waals surface area contributed by atoms with E-state index in [0.717, 1.165) is 54.4 Å². The van der Waals surface area contributed by atoms with Crippen molar-refractivity contribution < 1.29 is 0 Å². The summed E-state index contributed by atoms with van der Waals surface area (Å²) in [6, 6.07) is 12.2. The van der Waals surface area contributed by atoms with Crippen molar-refractivity contribution in [2.45, 2.75) is 6.92 Å². The molecule has 4 rings (SSSR count). The van der Waals surface area contributed by atoms with Gasteiger partial charge in [-0.3, -0.25) is 0 Å². The minimum atomic E-state index is 0.567. The van der Waals surface area contributed by atoms with Crippen molar-refractivity contribution in [3.05, 3.63) is 53.6 Å². The molecular formula is C18H18ClN5. The lowest BCUT2D eigenvalue weighted by Gasteiger charge is -2.36. The third-order valence-electron chi connectivity index (χ3n) is 4.37. The highest BCUT2D eigenvalue weighted by molar-refractivity contribution is 6.34.